The van der Waals surface area contributed by atoms with Crippen molar-refractivity contribution in [3.8, 4) is 5.75 Å². The van der Waals surface area contributed by atoms with Crippen LogP contribution in [0, 0.1) is 6.92 Å². The van der Waals surface area contributed by atoms with Gasteiger partial charge in [0.2, 0.25) is 0 Å². The van der Waals surface area contributed by atoms with E-state index < -0.39 is 0 Å². The fraction of sp³-hybridized carbons (Fsp3) is 0.130. The molecule has 0 fully saturated rings. The van der Waals surface area contributed by atoms with E-state index in [1.165, 1.54) is 22.0 Å². The molecule has 124 valence electrons. The number of aryl methyl sites for hydroxylation is 2. The van der Waals surface area contributed by atoms with Crippen molar-refractivity contribution in [3.63, 3.8) is 0 Å². The molecule has 1 atom stereocenters. The van der Waals surface area contributed by atoms with E-state index in [-0.39, 0.29) is 5.92 Å². The molecule has 0 aliphatic heterocycles. The number of phenols is 1. The summed E-state index contributed by atoms with van der Waals surface area (Å²) in [7, 11) is 2.07. The Morgan fingerprint density at radius 3 is 2.36 bits per heavy atom. The van der Waals surface area contributed by atoms with Gasteiger partial charge in [-0.15, -0.1) is 0 Å². The molecule has 4 rings (SSSR count). The first-order chi connectivity index (χ1) is 12.1. The Balaban J connectivity index is 2.03. The highest BCUT2D eigenvalue weighted by Gasteiger charge is 2.23. The molecular weight excluding hydrogens is 306 g/mol. The van der Waals surface area contributed by atoms with Gasteiger partial charge in [0.25, 0.3) is 0 Å². The van der Waals surface area contributed by atoms with Gasteiger partial charge in [0.15, 0.2) is 0 Å². The normalized spacial score (nSPS) is 12.4. The summed E-state index contributed by atoms with van der Waals surface area (Å²) in [4.78, 5) is 0. The lowest BCUT2D eigenvalue weighted by molar-refractivity contribution is 0.467. The zero-order valence-corrected chi connectivity index (χ0v) is 14.5. The fourth-order valence-electron chi connectivity index (χ4n) is 3.68. The highest BCUT2D eigenvalue weighted by Crippen LogP contribution is 2.40. The average molecular weight is 327 g/mol. The zero-order valence-electron chi connectivity index (χ0n) is 14.5. The maximum atomic E-state index is 10.6. The van der Waals surface area contributed by atoms with Gasteiger partial charge in [-0.25, -0.2) is 0 Å². The molecule has 0 aliphatic rings. The van der Waals surface area contributed by atoms with Crippen LogP contribution in [0.3, 0.4) is 0 Å². The number of hydrogen-bond donors (Lipinski definition) is 1. The standard InChI is InChI=1S/C23H21NO/c1-16-12-13-22(25)19(14-16)23(17-8-4-3-5-9-17)20-15-24(2)21-11-7-6-10-18(20)21/h3-15,23,25H,1-2H3. The fourth-order valence-corrected chi connectivity index (χ4v) is 3.68. The van der Waals surface area contributed by atoms with E-state index in [9.17, 15) is 5.11 Å². The van der Waals surface area contributed by atoms with E-state index in [4.69, 9.17) is 0 Å². The van der Waals surface area contributed by atoms with E-state index >= 15 is 0 Å². The van der Waals surface area contributed by atoms with Crippen molar-refractivity contribution >= 4 is 10.9 Å². The first-order valence-electron chi connectivity index (χ1n) is 8.53. The highest BCUT2D eigenvalue weighted by atomic mass is 16.3. The summed E-state index contributed by atoms with van der Waals surface area (Å²) in [5.74, 6) is 0.333. The quantitative estimate of drug-likeness (QED) is 0.537. The van der Waals surface area contributed by atoms with Crippen molar-refractivity contribution in [2.75, 3.05) is 0 Å². The van der Waals surface area contributed by atoms with Crippen molar-refractivity contribution in [1.82, 2.24) is 4.57 Å². The summed E-state index contributed by atoms with van der Waals surface area (Å²) >= 11 is 0. The van der Waals surface area contributed by atoms with Crippen molar-refractivity contribution in [1.29, 1.82) is 0 Å². The van der Waals surface area contributed by atoms with Crippen LogP contribution in [-0.2, 0) is 7.05 Å². The Kier molecular flexibility index (Phi) is 3.81. The smallest absolute Gasteiger partial charge is 0.119 e. The van der Waals surface area contributed by atoms with Crippen molar-refractivity contribution in [2.24, 2.45) is 7.05 Å². The second-order valence-corrected chi connectivity index (χ2v) is 6.62. The summed E-state index contributed by atoms with van der Waals surface area (Å²) in [5, 5.41) is 11.8. The Labute approximate surface area is 148 Å². The molecule has 25 heavy (non-hydrogen) atoms. The van der Waals surface area contributed by atoms with E-state index in [1.54, 1.807) is 6.07 Å². The van der Waals surface area contributed by atoms with Gasteiger partial charge >= 0.3 is 0 Å². The van der Waals surface area contributed by atoms with Crippen LogP contribution in [0.2, 0.25) is 0 Å². The minimum absolute atomic E-state index is 0.00722. The molecule has 1 unspecified atom stereocenters. The molecule has 0 spiro atoms. The molecule has 1 heterocycles. The number of para-hydroxylation sites is 1. The van der Waals surface area contributed by atoms with Crippen LogP contribution in [0.15, 0.2) is 79.0 Å². The van der Waals surface area contributed by atoms with Crippen molar-refractivity contribution in [2.45, 2.75) is 12.8 Å². The number of aromatic nitrogens is 1. The molecule has 2 heteroatoms. The molecule has 0 radical (unpaired) electrons. The van der Waals surface area contributed by atoms with Crippen LogP contribution < -0.4 is 0 Å². The molecule has 1 N–H and O–H groups in total. The Hall–Kier alpha value is -3.00. The van der Waals surface area contributed by atoms with Crippen molar-refractivity contribution in [3.05, 3.63) is 101 Å². The van der Waals surface area contributed by atoms with E-state index in [1.807, 2.05) is 12.1 Å². The van der Waals surface area contributed by atoms with Gasteiger partial charge in [-0.3, -0.25) is 0 Å². The third-order valence-electron chi connectivity index (χ3n) is 4.87. The lowest BCUT2D eigenvalue weighted by atomic mass is 9.84. The van der Waals surface area contributed by atoms with Crippen LogP contribution in [0.25, 0.3) is 10.9 Å². The van der Waals surface area contributed by atoms with Crippen LogP contribution in [0.5, 0.6) is 5.75 Å². The Morgan fingerprint density at radius 2 is 1.56 bits per heavy atom. The van der Waals surface area contributed by atoms with Crippen LogP contribution in [0.4, 0.5) is 0 Å². The molecule has 0 bridgehead atoms. The van der Waals surface area contributed by atoms with Gasteiger partial charge in [-0.2, -0.15) is 0 Å². The molecule has 3 aromatic carbocycles. The molecule has 0 aliphatic carbocycles. The summed E-state index contributed by atoms with van der Waals surface area (Å²) in [6, 6.07) is 24.7. The van der Waals surface area contributed by atoms with Gasteiger partial charge in [0.1, 0.15) is 5.75 Å². The average Bonchev–Trinajstić information content (AvgIpc) is 2.96. The summed E-state index contributed by atoms with van der Waals surface area (Å²) in [6.45, 7) is 2.06. The summed E-state index contributed by atoms with van der Waals surface area (Å²) in [5.41, 5.74) is 5.69. The number of hydrogen-bond acceptors (Lipinski definition) is 1. The Bertz CT molecular complexity index is 1030. The molecule has 4 aromatic rings. The highest BCUT2D eigenvalue weighted by molar-refractivity contribution is 5.85. The van der Waals surface area contributed by atoms with Gasteiger partial charge < -0.3 is 9.67 Å². The summed E-state index contributed by atoms with van der Waals surface area (Å²) in [6.07, 6.45) is 2.18. The van der Waals surface area contributed by atoms with Crippen molar-refractivity contribution < 1.29 is 5.11 Å². The van der Waals surface area contributed by atoms with Crippen LogP contribution >= 0.6 is 0 Å². The van der Waals surface area contributed by atoms with Gasteiger partial charge in [0, 0.05) is 35.6 Å². The molecule has 0 saturated carbocycles. The topological polar surface area (TPSA) is 25.2 Å². The molecule has 2 nitrogen and oxygen atoms in total. The predicted octanol–water partition coefficient (Wildman–Crippen LogP) is 5.37. The second-order valence-electron chi connectivity index (χ2n) is 6.62. The van der Waals surface area contributed by atoms with Gasteiger partial charge in [-0.05, 0) is 30.2 Å². The van der Waals surface area contributed by atoms with Crippen LogP contribution in [0.1, 0.15) is 28.2 Å². The number of nitrogens with zero attached hydrogens (tertiary/aromatic N) is 1. The van der Waals surface area contributed by atoms with Gasteiger partial charge in [-0.1, -0.05) is 66.2 Å². The maximum Gasteiger partial charge on any atom is 0.119 e. The number of fused-ring (bicyclic) bond motifs is 1. The van der Waals surface area contributed by atoms with E-state index in [2.05, 4.69) is 79.3 Å². The Morgan fingerprint density at radius 1 is 0.840 bits per heavy atom. The largest absolute Gasteiger partial charge is 0.508 e. The monoisotopic (exact) mass is 327 g/mol. The number of phenolic OH excluding ortho intramolecular Hbond substituents is 1. The minimum atomic E-state index is -0.00722. The predicted molar refractivity (Wildman–Crippen MR) is 103 cm³/mol. The molecule has 0 amide bonds. The third kappa shape index (κ3) is 2.70. The number of benzene rings is 3. The van der Waals surface area contributed by atoms with Gasteiger partial charge in [0.05, 0.1) is 0 Å². The summed E-state index contributed by atoms with van der Waals surface area (Å²) < 4.78 is 2.16. The SMILES string of the molecule is Cc1ccc(O)c(C(c2ccccc2)c2cn(C)c3ccccc23)c1. The number of rotatable bonds is 3. The second kappa shape index (κ2) is 6.14. The zero-order chi connectivity index (χ0) is 17.4. The first kappa shape index (κ1) is 15.5. The third-order valence-corrected chi connectivity index (χ3v) is 4.87. The minimum Gasteiger partial charge on any atom is -0.508 e. The molecule has 0 saturated heterocycles. The maximum absolute atomic E-state index is 10.6. The lowest BCUT2D eigenvalue weighted by Crippen LogP contribution is -2.04. The lowest BCUT2D eigenvalue weighted by Gasteiger charge is -2.20. The number of aromatic hydroxyl groups is 1. The molecular formula is C23H21NO. The first-order valence-corrected chi connectivity index (χ1v) is 8.53. The van der Waals surface area contributed by atoms with E-state index in [0.29, 0.717) is 5.75 Å². The van der Waals surface area contributed by atoms with Crippen LogP contribution in [-0.4, -0.2) is 9.67 Å². The molecule has 1 aromatic heterocycles. The van der Waals surface area contributed by atoms with E-state index in [0.717, 1.165) is 11.1 Å².